The summed E-state index contributed by atoms with van der Waals surface area (Å²) in [4.78, 5) is 37.1. The second kappa shape index (κ2) is 7.22. The van der Waals surface area contributed by atoms with Gasteiger partial charge in [0.2, 0.25) is 5.91 Å². The summed E-state index contributed by atoms with van der Waals surface area (Å²) < 4.78 is 0. The molecule has 3 amide bonds. The van der Waals surface area contributed by atoms with Gasteiger partial charge in [0.05, 0.1) is 6.54 Å². The van der Waals surface area contributed by atoms with Crippen molar-refractivity contribution in [1.82, 2.24) is 15.1 Å². The summed E-state index contributed by atoms with van der Waals surface area (Å²) in [5, 5.41) is 11.8. The summed E-state index contributed by atoms with van der Waals surface area (Å²) in [6, 6.07) is -1.36. The fourth-order valence-electron chi connectivity index (χ4n) is 1.88. The molecular weight excluding hydrogens is 270 g/mol. The van der Waals surface area contributed by atoms with Crippen LogP contribution in [-0.4, -0.2) is 77.0 Å². The number of nitrogens with one attached hydrogen (secondary N) is 1. The van der Waals surface area contributed by atoms with Crippen molar-refractivity contribution in [3.05, 3.63) is 0 Å². The minimum Gasteiger partial charge on any atom is -0.480 e. The van der Waals surface area contributed by atoms with E-state index in [1.807, 2.05) is 6.26 Å². The van der Waals surface area contributed by atoms with Gasteiger partial charge >= 0.3 is 12.0 Å². The summed E-state index contributed by atoms with van der Waals surface area (Å²) in [6.45, 7) is 2.55. The van der Waals surface area contributed by atoms with Gasteiger partial charge in [-0.15, -0.1) is 0 Å². The monoisotopic (exact) mass is 289 g/mol. The average molecular weight is 289 g/mol. The number of piperazine rings is 1. The molecule has 0 aromatic carbocycles. The number of hydrogen-bond donors (Lipinski definition) is 2. The third-order valence-corrected chi connectivity index (χ3v) is 3.57. The Balaban J connectivity index is 2.63. The molecule has 8 heteroatoms. The predicted octanol–water partition coefficient (Wildman–Crippen LogP) is -0.324. The van der Waals surface area contributed by atoms with Crippen LogP contribution in [0.5, 0.6) is 0 Å². The zero-order valence-corrected chi connectivity index (χ0v) is 11.9. The fraction of sp³-hybridized carbons (Fsp3) is 0.727. The van der Waals surface area contributed by atoms with E-state index in [0.29, 0.717) is 13.1 Å². The van der Waals surface area contributed by atoms with E-state index in [2.05, 4.69) is 5.32 Å². The Bertz CT molecular complexity index is 364. The van der Waals surface area contributed by atoms with Crippen molar-refractivity contribution in [2.45, 2.75) is 13.0 Å². The maximum absolute atomic E-state index is 11.9. The number of thioether (sulfide) groups is 1. The molecule has 108 valence electrons. The quantitative estimate of drug-likeness (QED) is 0.692. The minimum absolute atomic E-state index is 0.0423. The Hall–Kier alpha value is -1.44. The van der Waals surface area contributed by atoms with Crippen molar-refractivity contribution < 1.29 is 19.5 Å². The molecule has 1 aliphatic heterocycles. The summed E-state index contributed by atoms with van der Waals surface area (Å²) in [7, 11) is 0. The SMILES string of the molecule is CSCCNC(=O)N1CCN(C(C)=O)CC1C(=O)O. The first-order valence-corrected chi connectivity index (χ1v) is 7.38. The molecule has 0 aromatic heterocycles. The van der Waals surface area contributed by atoms with Gasteiger partial charge in [-0.05, 0) is 6.26 Å². The molecule has 1 atom stereocenters. The molecule has 7 nitrogen and oxygen atoms in total. The number of rotatable bonds is 4. The molecule has 0 aliphatic carbocycles. The summed E-state index contributed by atoms with van der Waals surface area (Å²) in [6.07, 6.45) is 1.93. The van der Waals surface area contributed by atoms with Gasteiger partial charge in [0.15, 0.2) is 0 Å². The lowest BCUT2D eigenvalue weighted by Gasteiger charge is -2.38. The Kier molecular flexibility index (Phi) is 5.94. The van der Waals surface area contributed by atoms with Gasteiger partial charge in [-0.2, -0.15) is 11.8 Å². The van der Waals surface area contributed by atoms with E-state index in [9.17, 15) is 14.4 Å². The van der Waals surface area contributed by atoms with Crippen molar-refractivity contribution in [2.24, 2.45) is 0 Å². The zero-order valence-electron chi connectivity index (χ0n) is 11.1. The van der Waals surface area contributed by atoms with Crippen LogP contribution in [0.2, 0.25) is 0 Å². The molecule has 0 radical (unpaired) electrons. The van der Waals surface area contributed by atoms with Crippen LogP contribution in [0, 0.1) is 0 Å². The van der Waals surface area contributed by atoms with Crippen molar-refractivity contribution >= 4 is 29.7 Å². The van der Waals surface area contributed by atoms with E-state index in [1.165, 1.54) is 16.7 Å². The van der Waals surface area contributed by atoms with Crippen LogP contribution in [0.3, 0.4) is 0 Å². The van der Waals surface area contributed by atoms with Crippen molar-refractivity contribution in [3.8, 4) is 0 Å². The molecule has 19 heavy (non-hydrogen) atoms. The van der Waals surface area contributed by atoms with Crippen molar-refractivity contribution in [1.29, 1.82) is 0 Å². The van der Waals surface area contributed by atoms with Gasteiger partial charge in [-0.1, -0.05) is 0 Å². The first-order valence-electron chi connectivity index (χ1n) is 5.99. The summed E-state index contributed by atoms with van der Waals surface area (Å²) >= 11 is 1.60. The van der Waals surface area contributed by atoms with Crippen molar-refractivity contribution in [2.75, 3.05) is 38.2 Å². The second-order valence-electron chi connectivity index (χ2n) is 4.24. The average Bonchev–Trinajstić information content (AvgIpc) is 2.38. The van der Waals surface area contributed by atoms with Crippen molar-refractivity contribution in [3.63, 3.8) is 0 Å². The van der Waals surface area contributed by atoms with Crippen LogP contribution < -0.4 is 5.32 Å². The number of carbonyl (C=O) groups excluding carboxylic acids is 2. The molecule has 1 unspecified atom stereocenters. The van der Waals surface area contributed by atoms with E-state index in [1.54, 1.807) is 11.8 Å². The lowest BCUT2D eigenvalue weighted by Crippen LogP contribution is -2.61. The Labute approximate surface area is 116 Å². The standard InChI is InChI=1S/C11H19N3O4S/c1-8(15)13-4-5-14(9(7-13)10(16)17)11(18)12-3-6-19-2/h9H,3-7H2,1-2H3,(H,12,18)(H,16,17). The summed E-state index contributed by atoms with van der Waals surface area (Å²) in [5.74, 6) is -0.490. The van der Waals surface area contributed by atoms with Gasteiger partial charge in [-0.25, -0.2) is 9.59 Å². The van der Waals surface area contributed by atoms with Gasteiger partial charge in [-0.3, -0.25) is 4.79 Å². The molecule has 0 saturated carbocycles. The Morgan fingerprint density at radius 2 is 2.05 bits per heavy atom. The second-order valence-corrected chi connectivity index (χ2v) is 5.22. The lowest BCUT2D eigenvalue weighted by molar-refractivity contribution is -0.146. The molecule has 0 bridgehead atoms. The van der Waals surface area contributed by atoms with Crippen LogP contribution >= 0.6 is 11.8 Å². The van der Waals surface area contributed by atoms with E-state index < -0.39 is 12.0 Å². The van der Waals surface area contributed by atoms with E-state index >= 15 is 0 Å². The van der Waals surface area contributed by atoms with Crippen LogP contribution in [0.4, 0.5) is 4.79 Å². The third kappa shape index (κ3) is 4.30. The fourth-order valence-corrected chi connectivity index (χ4v) is 2.19. The Morgan fingerprint density at radius 1 is 1.37 bits per heavy atom. The minimum atomic E-state index is -1.09. The number of carbonyl (C=O) groups is 3. The van der Waals surface area contributed by atoms with Gasteiger partial charge in [0.25, 0.3) is 0 Å². The molecule has 1 heterocycles. The van der Waals surface area contributed by atoms with Crippen LogP contribution in [0.1, 0.15) is 6.92 Å². The number of urea groups is 1. The topological polar surface area (TPSA) is 90.0 Å². The molecule has 1 aliphatic rings. The maximum atomic E-state index is 11.9. The molecule has 0 spiro atoms. The van der Waals surface area contributed by atoms with E-state index in [0.717, 1.165) is 5.75 Å². The Morgan fingerprint density at radius 3 is 2.58 bits per heavy atom. The lowest BCUT2D eigenvalue weighted by atomic mass is 10.1. The van der Waals surface area contributed by atoms with E-state index in [-0.39, 0.29) is 25.0 Å². The highest BCUT2D eigenvalue weighted by molar-refractivity contribution is 7.98. The number of hydrogen-bond acceptors (Lipinski definition) is 4. The highest BCUT2D eigenvalue weighted by atomic mass is 32.2. The maximum Gasteiger partial charge on any atom is 0.328 e. The first-order chi connectivity index (χ1) is 8.97. The highest BCUT2D eigenvalue weighted by Gasteiger charge is 2.35. The molecule has 1 rings (SSSR count). The normalized spacial score (nSPS) is 19.2. The van der Waals surface area contributed by atoms with Gasteiger partial charge < -0.3 is 20.2 Å². The van der Waals surface area contributed by atoms with Crippen LogP contribution in [-0.2, 0) is 9.59 Å². The van der Waals surface area contributed by atoms with E-state index in [4.69, 9.17) is 5.11 Å². The van der Waals surface area contributed by atoms with Gasteiger partial charge in [0, 0.05) is 32.3 Å². The van der Waals surface area contributed by atoms with Crippen LogP contribution in [0.25, 0.3) is 0 Å². The number of aliphatic carboxylic acids is 1. The largest absolute Gasteiger partial charge is 0.480 e. The molecule has 2 N–H and O–H groups in total. The molecular formula is C11H19N3O4S. The van der Waals surface area contributed by atoms with Gasteiger partial charge in [0.1, 0.15) is 6.04 Å². The number of amides is 3. The molecule has 1 fully saturated rings. The number of carboxylic acids is 1. The first kappa shape index (κ1) is 15.6. The molecule has 1 saturated heterocycles. The molecule has 0 aromatic rings. The highest BCUT2D eigenvalue weighted by Crippen LogP contribution is 2.11. The smallest absolute Gasteiger partial charge is 0.328 e. The summed E-state index contributed by atoms with van der Waals surface area (Å²) in [5.41, 5.74) is 0. The third-order valence-electron chi connectivity index (χ3n) is 2.95. The zero-order chi connectivity index (χ0) is 14.4. The predicted molar refractivity (Wildman–Crippen MR) is 72.2 cm³/mol. The van der Waals surface area contributed by atoms with Crippen LogP contribution in [0.15, 0.2) is 0 Å². The number of carboxylic acid groups (broad SMARTS) is 1. The number of nitrogens with zero attached hydrogens (tertiary/aromatic N) is 2.